The number of carbonyl (C=O) groups is 1. The second-order valence-corrected chi connectivity index (χ2v) is 5.14. The van der Waals surface area contributed by atoms with Gasteiger partial charge in [0.2, 0.25) is 0 Å². The first-order valence-corrected chi connectivity index (χ1v) is 6.41. The zero-order valence-electron chi connectivity index (χ0n) is 10.8. The summed E-state index contributed by atoms with van der Waals surface area (Å²) in [6, 6.07) is 3.33. The first-order chi connectivity index (χ1) is 9.06. The standard InChI is InChI=1S/C13H17FN4O/c1-8-4-12(11(15)5-10(8)14)17-2-3-18-9(7-17)6-16-13(18)19/h4-5,9H,2-3,6-7,15H2,1H3,(H,16,19). The molecule has 1 unspecified atom stereocenters. The molecule has 0 saturated carbocycles. The average molecular weight is 264 g/mol. The summed E-state index contributed by atoms with van der Waals surface area (Å²) in [5.41, 5.74) is 7.81. The van der Waals surface area contributed by atoms with Crippen LogP contribution in [0.3, 0.4) is 0 Å². The molecule has 2 saturated heterocycles. The van der Waals surface area contributed by atoms with Gasteiger partial charge >= 0.3 is 6.03 Å². The molecule has 2 aliphatic rings. The number of nitrogen functional groups attached to an aromatic ring is 1. The normalized spacial score (nSPS) is 22.4. The van der Waals surface area contributed by atoms with Crippen LogP contribution in [0.5, 0.6) is 0 Å². The lowest BCUT2D eigenvalue weighted by Crippen LogP contribution is -2.52. The maximum absolute atomic E-state index is 13.4. The fourth-order valence-electron chi connectivity index (χ4n) is 2.78. The summed E-state index contributed by atoms with van der Waals surface area (Å²) in [4.78, 5) is 15.5. The molecule has 1 aromatic rings. The highest BCUT2D eigenvalue weighted by Crippen LogP contribution is 2.29. The Balaban J connectivity index is 1.84. The molecule has 0 radical (unpaired) electrons. The van der Waals surface area contributed by atoms with Crippen molar-refractivity contribution in [1.29, 1.82) is 0 Å². The monoisotopic (exact) mass is 264 g/mol. The van der Waals surface area contributed by atoms with E-state index in [4.69, 9.17) is 5.73 Å². The topological polar surface area (TPSA) is 61.6 Å². The van der Waals surface area contributed by atoms with Gasteiger partial charge in [0.25, 0.3) is 0 Å². The third kappa shape index (κ3) is 1.97. The lowest BCUT2D eigenvalue weighted by molar-refractivity contribution is 0.198. The maximum Gasteiger partial charge on any atom is 0.317 e. The van der Waals surface area contributed by atoms with Gasteiger partial charge in [-0.1, -0.05) is 0 Å². The summed E-state index contributed by atoms with van der Waals surface area (Å²) < 4.78 is 13.4. The minimum Gasteiger partial charge on any atom is -0.397 e. The molecule has 102 valence electrons. The number of aryl methyl sites for hydroxylation is 1. The number of nitrogens with one attached hydrogen (secondary N) is 1. The largest absolute Gasteiger partial charge is 0.397 e. The zero-order valence-corrected chi connectivity index (χ0v) is 10.8. The van der Waals surface area contributed by atoms with Gasteiger partial charge in [0.1, 0.15) is 5.82 Å². The Morgan fingerprint density at radius 1 is 1.42 bits per heavy atom. The number of halogens is 1. The second kappa shape index (κ2) is 4.29. The zero-order chi connectivity index (χ0) is 13.6. The van der Waals surface area contributed by atoms with E-state index in [0.717, 1.165) is 18.8 Å². The van der Waals surface area contributed by atoms with Crippen LogP contribution in [0, 0.1) is 12.7 Å². The molecule has 5 nitrogen and oxygen atoms in total. The highest BCUT2D eigenvalue weighted by atomic mass is 19.1. The Bertz CT molecular complexity index is 534. The van der Waals surface area contributed by atoms with Gasteiger partial charge in [-0.2, -0.15) is 0 Å². The Hall–Kier alpha value is -1.98. The molecule has 2 fully saturated rings. The molecular weight excluding hydrogens is 247 g/mol. The second-order valence-electron chi connectivity index (χ2n) is 5.14. The number of rotatable bonds is 1. The summed E-state index contributed by atoms with van der Waals surface area (Å²) in [6.07, 6.45) is 0. The highest BCUT2D eigenvalue weighted by molar-refractivity contribution is 5.78. The summed E-state index contributed by atoms with van der Waals surface area (Å²) in [6.45, 7) is 4.52. The maximum atomic E-state index is 13.4. The number of fused-ring (bicyclic) bond motifs is 1. The molecule has 3 N–H and O–H groups in total. The predicted molar refractivity (Wildman–Crippen MR) is 71.7 cm³/mol. The Morgan fingerprint density at radius 2 is 2.21 bits per heavy atom. The molecule has 0 spiro atoms. The van der Waals surface area contributed by atoms with Crippen molar-refractivity contribution in [2.24, 2.45) is 0 Å². The minimum absolute atomic E-state index is 0.00732. The van der Waals surface area contributed by atoms with Crippen LogP contribution in [0.4, 0.5) is 20.6 Å². The van der Waals surface area contributed by atoms with Gasteiger partial charge in [-0.05, 0) is 24.6 Å². The lowest BCUT2D eigenvalue weighted by Gasteiger charge is -2.38. The van der Waals surface area contributed by atoms with E-state index in [1.54, 1.807) is 13.0 Å². The number of anilines is 2. The molecule has 2 aliphatic heterocycles. The molecule has 0 bridgehead atoms. The van der Waals surface area contributed by atoms with Gasteiger partial charge in [0.15, 0.2) is 0 Å². The van der Waals surface area contributed by atoms with Crippen LogP contribution in [0.15, 0.2) is 12.1 Å². The first-order valence-electron chi connectivity index (χ1n) is 6.41. The van der Waals surface area contributed by atoms with E-state index in [2.05, 4.69) is 10.2 Å². The Labute approximate surface area is 111 Å². The van der Waals surface area contributed by atoms with Crippen molar-refractivity contribution < 1.29 is 9.18 Å². The van der Waals surface area contributed by atoms with E-state index >= 15 is 0 Å². The fourth-order valence-corrected chi connectivity index (χ4v) is 2.78. The van der Waals surface area contributed by atoms with Crippen LogP contribution >= 0.6 is 0 Å². The number of amides is 2. The number of hydrogen-bond acceptors (Lipinski definition) is 3. The Morgan fingerprint density at radius 3 is 3.00 bits per heavy atom. The van der Waals surface area contributed by atoms with Crippen molar-refractivity contribution in [3.8, 4) is 0 Å². The van der Waals surface area contributed by atoms with E-state index in [-0.39, 0.29) is 17.9 Å². The van der Waals surface area contributed by atoms with Crippen molar-refractivity contribution in [2.75, 3.05) is 36.8 Å². The summed E-state index contributed by atoms with van der Waals surface area (Å²) >= 11 is 0. The lowest BCUT2D eigenvalue weighted by atomic mass is 10.1. The van der Waals surface area contributed by atoms with E-state index in [1.807, 2.05) is 4.90 Å². The number of piperazine rings is 1. The number of urea groups is 1. The number of benzene rings is 1. The molecule has 0 aliphatic carbocycles. The number of nitrogens with zero attached hydrogens (tertiary/aromatic N) is 2. The average Bonchev–Trinajstić information content (AvgIpc) is 2.75. The molecular formula is C13H17FN4O. The van der Waals surface area contributed by atoms with Crippen molar-refractivity contribution in [1.82, 2.24) is 10.2 Å². The van der Waals surface area contributed by atoms with Gasteiger partial charge in [0, 0.05) is 26.2 Å². The summed E-state index contributed by atoms with van der Waals surface area (Å²) in [5.74, 6) is -0.280. The minimum atomic E-state index is -0.280. The van der Waals surface area contributed by atoms with Gasteiger partial charge < -0.3 is 20.9 Å². The van der Waals surface area contributed by atoms with E-state index < -0.39 is 0 Å². The van der Waals surface area contributed by atoms with Crippen LogP contribution in [0.2, 0.25) is 0 Å². The van der Waals surface area contributed by atoms with Gasteiger partial charge in [0.05, 0.1) is 17.4 Å². The van der Waals surface area contributed by atoms with Crippen LogP contribution in [0.25, 0.3) is 0 Å². The van der Waals surface area contributed by atoms with E-state index in [1.165, 1.54) is 6.07 Å². The number of carbonyl (C=O) groups excluding carboxylic acids is 1. The number of hydrogen-bond donors (Lipinski definition) is 2. The third-order valence-corrected chi connectivity index (χ3v) is 3.88. The third-order valence-electron chi connectivity index (χ3n) is 3.88. The molecule has 3 rings (SSSR count). The van der Waals surface area contributed by atoms with Crippen molar-refractivity contribution >= 4 is 17.4 Å². The van der Waals surface area contributed by atoms with Crippen LogP contribution in [0.1, 0.15) is 5.56 Å². The smallest absolute Gasteiger partial charge is 0.317 e. The molecule has 1 aromatic carbocycles. The van der Waals surface area contributed by atoms with Gasteiger partial charge in [-0.3, -0.25) is 0 Å². The highest BCUT2D eigenvalue weighted by Gasteiger charge is 2.35. The van der Waals surface area contributed by atoms with Crippen molar-refractivity contribution in [3.63, 3.8) is 0 Å². The molecule has 1 atom stereocenters. The summed E-state index contributed by atoms with van der Waals surface area (Å²) in [5, 5.41) is 2.84. The van der Waals surface area contributed by atoms with Crippen molar-refractivity contribution in [3.05, 3.63) is 23.5 Å². The van der Waals surface area contributed by atoms with Crippen LogP contribution in [-0.4, -0.2) is 43.2 Å². The Kier molecular flexibility index (Phi) is 2.73. The first kappa shape index (κ1) is 12.1. The van der Waals surface area contributed by atoms with E-state index in [9.17, 15) is 9.18 Å². The van der Waals surface area contributed by atoms with Crippen LogP contribution < -0.4 is 16.0 Å². The fraction of sp³-hybridized carbons (Fsp3) is 0.462. The molecule has 19 heavy (non-hydrogen) atoms. The van der Waals surface area contributed by atoms with Gasteiger partial charge in [-0.15, -0.1) is 0 Å². The number of nitrogens with two attached hydrogens (primary N) is 1. The van der Waals surface area contributed by atoms with Crippen LogP contribution in [-0.2, 0) is 0 Å². The van der Waals surface area contributed by atoms with E-state index in [0.29, 0.717) is 24.3 Å². The molecule has 2 heterocycles. The molecule has 6 heteroatoms. The van der Waals surface area contributed by atoms with Gasteiger partial charge in [-0.25, -0.2) is 9.18 Å². The SMILES string of the molecule is Cc1cc(N2CCN3C(=O)NCC3C2)c(N)cc1F. The summed E-state index contributed by atoms with van der Waals surface area (Å²) in [7, 11) is 0. The predicted octanol–water partition coefficient (Wildman–Crippen LogP) is 0.930. The quantitative estimate of drug-likeness (QED) is 0.742. The molecule has 0 aromatic heterocycles. The van der Waals surface area contributed by atoms with Crippen molar-refractivity contribution in [2.45, 2.75) is 13.0 Å². The molecule has 2 amide bonds.